The number of nitrogens with one attached hydrogen (secondary N) is 3. The van der Waals surface area contributed by atoms with Crippen molar-refractivity contribution in [2.24, 2.45) is 0 Å². The minimum Gasteiger partial charge on any atom is -0.361 e. The van der Waals surface area contributed by atoms with Crippen LogP contribution in [0.25, 0.3) is 22.2 Å². The molecule has 0 fully saturated rings. The highest BCUT2D eigenvalue weighted by Crippen LogP contribution is 2.22. The Morgan fingerprint density at radius 1 is 1.14 bits per heavy atom. The van der Waals surface area contributed by atoms with Gasteiger partial charge in [-0.25, -0.2) is 5.10 Å². The largest absolute Gasteiger partial charge is 0.361 e. The summed E-state index contributed by atoms with van der Waals surface area (Å²) in [6.07, 6.45) is 5.83. The Labute approximate surface area is 167 Å². The molecule has 3 N–H and O–H groups in total. The number of fused-ring (bicyclic) bond motifs is 1. The lowest BCUT2D eigenvalue weighted by atomic mass is 9.94. The fraction of sp³-hybridized carbons (Fsp3) is 0.182. The highest BCUT2D eigenvalue weighted by Gasteiger charge is 2.25. The quantitative estimate of drug-likeness (QED) is 0.490. The molecule has 3 heterocycles. The average molecular weight is 387 g/mol. The highest BCUT2D eigenvalue weighted by molar-refractivity contribution is 5.95. The highest BCUT2D eigenvalue weighted by atomic mass is 16.2. The molecule has 0 saturated heterocycles. The first-order valence-corrected chi connectivity index (χ1v) is 9.31. The summed E-state index contributed by atoms with van der Waals surface area (Å²) in [7, 11) is 0. The van der Waals surface area contributed by atoms with Gasteiger partial charge in [0.25, 0.3) is 11.5 Å². The lowest BCUT2D eigenvalue weighted by molar-refractivity contribution is 0.0911. The van der Waals surface area contributed by atoms with E-state index >= 15 is 0 Å². The van der Waals surface area contributed by atoms with Gasteiger partial charge < -0.3 is 10.3 Å². The summed E-state index contributed by atoms with van der Waals surface area (Å²) in [5.74, 6) is -0.436. The zero-order valence-corrected chi connectivity index (χ0v) is 16.2. The minimum atomic E-state index is -0.561. The van der Waals surface area contributed by atoms with Crippen molar-refractivity contribution in [2.45, 2.75) is 25.8 Å². The zero-order valence-electron chi connectivity index (χ0n) is 16.2. The first-order valence-electron chi connectivity index (χ1n) is 9.31. The maximum absolute atomic E-state index is 12.9. The topological polar surface area (TPSA) is 104 Å². The number of para-hydroxylation sites is 1. The molecule has 0 atom stereocenters. The van der Waals surface area contributed by atoms with Crippen molar-refractivity contribution in [1.82, 2.24) is 25.5 Å². The predicted molar refractivity (Wildman–Crippen MR) is 112 cm³/mol. The molecule has 4 aromatic rings. The van der Waals surface area contributed by atoms with E-state index in [1.54, 1.807) is 24.5 Å². The molecule has 1 amide bonds. The summed E-state index contributed by atoms with van der Waals surface area (Å²) in [6.45, 7) is 3.87. The fourth-order valence-electron chi connectivity index (χ4n) is 3.42. The van der Waals surface area contributed by atoms with Crippen LogP contribution in [0.3, 0.4) is 0 Å². The van der Waals surface area contributed by atoms with Crippen LogP contribution in [0, 0.1) is 0 Å². The van der Waals surface area contributed by atoms with Crippen molar-refractivity contribution >= 4 is 16.8 Å². The lowest BCUT2D eigenvalue weighted by Gasteiger charge is -2.26. The van der Waals surface area contributed by atoms with E-state index in [4.69, 9.17) is 0 Å². The number of nitrogens with zero attached hydrogens (tertiary/aromatic N) is 2. The van der Waals surface area contributed by atoms with Crippen molar-refractivity contribution in [3.63, 3.8) is 0 Å². The van der Waals surface area contributed by atoms with E-state index < -0.39 is 17.0 Å². The van der Waals surface area contributed by atoms with Crippen LogP contribution in [-0.4, -0.2) is 31.6 Å². The van der Waals surface area contributed by atoms with E-state index in [1.165, 1.54) is 6.07 Å². The Morgan fingerprint density at radius 2 is 1.90 bits per heavy atom. The third-order valence-corrected chi connectivity index (χ3v) is 4.78. The molecular formula is C22H21N5O2. The van der Waals surface area contributed by atoms with Crippen LogP contribution in [0.5, 0.6) is 0 Å². The van der Waals surface area contributed by atoms with Gasteiger partial charge in [0.15, 0.2) is 0 Å². The molecule has 3 aromatic heterocycles. The van der Waals surface area contributed by atoms with Crippen LogP contribution in [0.1, 0.15) is 29.8 Å². The van der Waals surface area contributed by atoms with Gasteiger partial charge in [-0.3, -0.25) is 14.6 Å². The van der Waals surface area contributed by atoms with E-state index in [0.717, 1.165) is 22.0 Å². The first-order chi connectivity index (χ1) is 13.9. The van der Waals surface area contributed by atoms with E-state index in [1.807, 2.05) is 44.3 Å². The van der Waals surface area contributed by atoms with E-state index in [2.05, 4.69) is 25.5 Å². The maximum atomic E-state index is 12.9. The van der Waals surface area contributed by atoms with Gasteiger partial charge in [-0.1, -0.05) is 18.2 Å². The second-order valence-electron chi connectivity index (χ2n) is 7.61. The van der Waals surface area contributed by atoms with Crippen LogP contribution < -0.4 is 10.9 Å². The maximum Gasteiger partial charge on any atom is 0.277 e. The summed E-state index contributed by atoms with van der Waals surface area (Å²) < 4.78 is 0. The molecule has 0 aliphatic heterocycles. The van der Waals surface area contributed by atoms with E-state index in [9.17, 15) is 9.59 Å². The number of carbonyl (C=O) groups excluding carboxylic acids is 1. The summed E-state index contributed by atoms with van der Waals surface area (Å²) in [6, 6.07) is 13.1. The number of rotatable bonds is 5. The van der Waals surface area contributed by atoms with Crippen LogP contribution in [-0.2, 0) is 6.42 Å². The summed E-state index contributed by atoms with van der Waals surface area (Å²) in [4.78, 5) is 32.3. The number of pyridine rings is 1. The normalized spacial score (nSPS) is 11.5. The monoisotopic (exact) mass is 387 g/mol. The Morgan fingerprint density at radius 3 is 2.69 bits per heavy atom. The number of carbonyl (C=O) groups is 1. The minimum absolute atomic E-state index is 0.0267. The van der Waals surface area contributed by atoms with Gasteiger partial charge in [-0.2, -0.15) is 5.10 Å². The van der Waals surface area contributed by atoms with Gasteiger partial charge in [0.05, 0.1) is 5.69 Å². The number of hydrogen-bond acceptors (Lipinski definition) is 4. The molecule has 0 unspecified atom stereocenters. The third kappa shape index (κ3) is 3.94. The summed E-state index contributed by atoms with van der Waals surface area (Å²) in [5.41, 5.74) is 2.37. The molecule has 0 aliphatic rings. The van der Waals surface area contributed by atoms with Crippen LogP contribution in [0.4, 0.5) is 0 Å². The van der Waals surface area contributed by atoms with Crippen molar-refractivity contribution in [1.29, 1.82) is 0 Å². The van der Waals surface area contributed by atoms with Crippen molar-refractivity contribution in [3.05, 3.63) is 82.5 Å². The third-order valence-electron chi connectivity index (χ3n) is 4.78. The fourth-order valence-corrected chi connectivity index (χ4v) is 3.42. The average Bonchev–Trinajstić information content (AvgIpc) is 3.11. The first kappa shape index (κ1) is 18.6. The van der Waals surface area contributed by atoms with Gasteiger partial charge in [0.2, 0.25) is 0 Å². The molecule has 0 aliphatic carbocycles. The number of hydrogen-bond donors (Lipinski definition) is 3. The SMILES string of the molecule is CC(C)(Cc1c[nH]c2ccccc12)NC(=O)c1cc(-c2ccncc2)n[nH]c1=O. The van der Waals surface area contributed by atoms with Gasteiger partial charge in [0, 0.05) is 40.6 Å². The number of aromatic nitrogens is 4. The molecular weight excluding hydrogens is 366 g/mol. The van der Waals surface area contributed by atoms with Crippen molar-refractivity contribution < 1.29 is 4.79 Å². The number of benzene rings is 1. The molecule has 0 bridgehead atoms. The number of aromatic amines is 2. The molecule has 0 spiro atoms. The predicted octanol–water partition coefficient (Wildman–Crippen LogP) is 3.06. The van der Waals surface area contributed by atoms with Crippen molar-refractivity contribution in [3.8, 4) is 11.3 Å². The van der Waals surface area contributed by atoms with Crippen LogP contribution in [0.15, 0.2) is 65.8 Å². The molecule has 146 valence electrons. The molecule has 7 heteroatoms. The zero-order chi connectivity index (χ0) is 20.4. The number of amides is 1. The Balaban J connectivity index is 1.57. The van der Waals surface area contributed by atoms with Gasteiger partial charge >= 0.3 is 0 Å². The second-order valence-corrected chi connectivity index (χ2v) is 7.61. The van der Waals surface area contributed by atoms with Gasteiger partial charge in [-0.05, 0) is 50.1 Å². The molecule has 0 radical (unpaired) electrons. The number of H-pyrrole nitrogens is 2. The van der Waals surface area contributed by atoms with Gasteiger partial charge in [-0.15, -0.1) is 0 Å². The summed E-state index contributed by atoms with van der Waals surface area (Å²) >= 11 is 0. The lowest BCUT2D eigenvalue weighted by Crippen LogP contribution is -2.46. The van der Waals surface area contributed by atoms with Crippen LogP contribution in [0.2, 0.25) is 0 Å². The van der Waals surface area contributed by atoms with Crippen molar-refractivity contribution in [2.75, 3.05) is 0 Å². The second kappa shape index (κ2) is 7.35. The molecule has 4 rings (SSSR count). The summed E-state index contributed by atoms with van der Waals surface area (Å²) in [5, 5.41) is 10.5. The Hall–Kier alpha value is -3.74. The molecule has 29 heavy (non-hydrogen) atoms. The van der Waals surface area contributed by atoms with E-state index in [0.29, 0.717) is 12.1 Å². The molecule has 1 aromatic carbocycles. The standard InChI is InChI=1S/C22H21N5O2/c1-22(2,12-15-13-24-18-6-4-3-5-16(15)18)25-20(28)17-11-19(26-27-21(17)29)14-7-9-23-10-8-14/h3-11,13,24H,12H2,1-2H3,(H,25,28)(H,27,29). The van der Waals surface area contributed by atoms with E-state index in [-0.39, 0.29) is 5.56 Å². The molecule has 7 nitrogen and oxygen atoms in total. The van der Waals surface area contributed by atoms with Crippen LogP contribution >= 0.6 is 0 Å². The Bertz CT molecular complexity index is 1220. The molecule has 0 saturated carbocycles. The smallest absolute Gasteiger partial charge is 0.277 e. The Kier molecular flexibility index (Phi) is 4.72. The van der Waals surface area contributed by atoms with Gasteiger partial charge in [0.1, 0.15) is 5.56 Å².